The molecule has 34 heavy (non-hydrogen) atoms. The first-order chi connectivity index (χ1) is 16.0. The predicted octanol–water partition coefficient (Wildman–Crippen LogP) is 3.34. The molecule has 1 heterocycles. The Morgan fingerprint density at radius 1 is 1.09 bits per heavy atom. The van der Waals surface area contributed by atoms with Crippen LogP contribution in [-0.4, -0.2) is 50.8 Å². The van der Waals surface area contributed by atoms with Gasteiger partial charge in [0, 0.05) is 18.0 Å². The molecule has 1 aliphatic heterocycles. The second-order valence-electron chi connectivity index (χ2n) is 8.04. The van der Waals surface area contributed by atoms with Gasteiger partial charge < -0.3 is 10.1 Å². The Morgan fingerprint density at radius 2 is 1.74 bits per heavy atom. The van der Waals surface area contributed by atoms with Gasteiger partial charge in [-0.2, -0.15) is 9.57 Å². The van der Waals surface area contributed by atoms with Crippen molar-refractivity contribution in [1.82, 2.24) is 9.62 Å². The summed E-state index contributed by atoms with van der Waals surface area (Å²) in [5.74, 6) is 0. The molecule has 0 radical (unpaired) electrons. The maximum atomic E-state index is 13.4. The number of sulfone groups is 1. The van der Waals surface area contributed by atoms with E-state index in [9.17, 15) is 26.9 Å². The summed E-state index contributed by atoms with van der Waals surface area (Å²) in [6.07, 6.45) is -1.85. The fourth-order valence-corrected chi connectivity index (χ4v) is 7.64. The molecular weight excluding hydrogens is 525 g/mol. The van der Waals surface area contributed by atoms with E-state index in [1.807, 2.05) is 6.07 Å². The molecule has 0 aromatic heterocycles. The Hall–Kier alpha value is -2.36. The molecule has 1 aliphatic carbocycles. The molecule has 180 valence electrons. The van der Waals surface area contributed by atoms with Crippen LogP contribution in [0.3, 0.4) is 0 Å². The summed E-state index contributed by atoms with van der Waals surface area (Å²) in [6, 6.07) is 13.1. The monoisotopic (exact) mass is 543 g/mol. The minimum atomic E-state index is -4.26. The van der Waals surface area contributed by atoms with Crippen LogP contribution < -0.4 is 5.32 Å². The van der Waals surface area contributed by atoms with Gasteiger partial charge in [0.05, 0.1) is 26.1 Å². The number of hydrogen-bond donors (Lipinski definition) is 1. The third-order valence-corrected chi connectivity index (χ3v) is 10.5. The zero-order valence-corrected chi connectivity index (χ0v) is 20.7. The molecular formula is C21H19Cl2N3O6S2. The normalized spacial score (nSPS) is 22.0. The van der Waals surface area contributed by atoms with E-state index >= 15 is 0 Å². The van der Waals surface area contributed by atoms with Crippen molar-refractivity contribution in [1.29, 1.82) is 5.26 Å². The largest absolute Gasteiger partial charge is 0.429 e. The Bertz CT molecular complexity index is 1370. The molecule has 0 unspecified atom stereocenters. The van der Waals surface area contributed by atoms with Crippen LogP contribution in [0.2, 0.25) is 10.0 Å². The third kappa shape index (κ3) is 4.74. The number of ether oxygens (including phenoxy) is 1. The highest BCUT2D eigenvalue weighted by Gasteiger charge is 2.50. The third-order valence-electron chi connectivity index (χ3n) is 5.72. The lowest BCUT2D eigenvalue weighted by Crippen LogP contribution is -2.43. The van der Waals surface area contributed by atoms with Crippen molar-refractivity contribution in [2.24, 2.45) is 0 Å². The fourth-order valence-electron chi connectivity index (χ4n) is 3.66. The van der Waals surface area contributed by atoms with Crippen LogP contribution in [0.5, 0.6) is 0 Å². The minimum absolute atomic E-state index is 0.00131. The number of nitrogens with zero attached hydrogens (tertiary/aromatic N) is 2. The molecule has 9 nitrogen and oxygen atoms in total. The summed E-state index contributed by atoms with van der Waals surface area (Å²) >= 11 is 12.0. The van der Waals surface area contributed by atoms with Gasteiger partial charge in [-0.05, 0) is 49.2 Å². The van der Waals surface area contributed by atoms with Crippen molar-refractivity contribution in [2.45, 2.75) is 46.1 Å². The smallest absolute Gasteiger partial charge is 0.410 e. The van der Waals surface area contributed by atoms with Crippen molar-refractivity contribution in [2.75, 3.05) is 6.54 Å². The van der Waals surface area contributed by atoms with Crippen molar-refractivity contribution >= 4 is 49.2 Å². The first kappa shape index (κ1) is 24.8. The molecule has 2 fully saturated rings. The lowest BCUT2D eigenvalue weighted by Gasteiger charge is -2.24. The van der Waals surface area contributed by atoms with E-state index in [4.69, 9.17) is 27.9 Å². The summed E-state index contributed by atoms with van der Waals surface area (Å²) in [7, 11) is -8.33. The van der Waals surface area contributed by atoms with Crippen LogP contribution in [-0.2, 0) is 24.6 Å². The Morgan fingerprint density at radius 3 is 2.32 bits per heavy atom. The summed E-state index contributed by atoms with van der Waals surface area (Å²) in [5, 5.41) is 10.7. The molecule has 1 saturated carbocycles. The second-order valence-corrected chi connectivity index (χ2v) is 13.0. The van der Waals surface area contributed by atoms with E-state index < -0.39 is 49.5 Å². The Balaban J connectivity index is 1.66. The molecule has 2 aromatic carbocycles. The SMILES string of the molecule is N#CC1(NC(=O)O[C@H]2C[C@@H](S(=O)(=O)c3ccccc3Cl)CN2S(=O)(=O)c2ccc(Cl)cc2)CC1. The van der Waals surface area contributed by atoms with Gasteiger partial charge in [-0.3, -0.25) is 0 Å². The van der Waals surface area contributed by atoms with Crippen molar-refractivity contribution in [3.8, 4) is 6.07 Å². The number of sulfonamides is 1. The van der Waals surface area contributed by atoms with E-state index in [2.05, 4.69) is 5.32 Å². The number of halogens is 2. The summed E-state index contributed by atoms with van der Waals surface area (Å²) in [4.78, 5) is 12.2. The molecule has 2 aliphatic rings. The standard InChI is InChI=1S/C21H19Cl2N3O6S2/c22-14-5-7-15(8-6-14)34(30,31)26-12-16(33(28,29)18-4-2-1-3-17(18)23)11-19(26)32-20(27)25-21(13-24)9-10-21/h1-8,16,19H,9-12H2,(H,25,27)/t16-,19+/m1/s1. The van der Waals surface area contributed by atoms with Gasteiger partial charge in [0.1, 0.15) is 5.54 Å². The average Bonchev–Trinajstić information content (AvgIpc) is 3.42. The molecule has 2 atom stereocenters. The number of nitriles is 1. The van der Waals surface area contributed by atoms with E-state index in [0.717, 1.165) is 4.31 Å². The lowest BCUT2D eigenvalue weighted by atomic mass is 10.3. The Labute approximate surface area is 207 Å². The number of nitrogens with one attached hydrogen (secondary N) is 1. The van der Waals surface area contributed by atoms with E-state index in [-0.39, 0.29) is 21.2 Å². The summed E-state index contributed by atoms with van der Waals surface area (Å²) in [6.45, 7) is -0.458. The summed E-state index contributed by atoms with van der Waals surface area (Å²) in [5.41, 5.74) is -1.04. The number of alkyl carbamates (subject to hydrolysis) is 1. The molecule has 2 aromatic rings. The molecule has 4 rings (SSSR count). The molecule has 0 spiro atoms. The van der Waals surface area contributed by atoms with Crippen LogP contribution in [0.1, 0.15) is 19.3 Å². The highest BCUT2D eigenvalue weighted by molar-refractivity contribution is 7.92. The number of benzene rings is 2. The Kier molecular flexibility index (Phi) is 6.56. The van der Waals surface area contributed by atoms with Crippen molar-refractivity contribution in [3.05, 3.63) is 58.6 Å². The first-order valence-corrected chi connectivity index (χ1v) is 13.9. The maximum absolute atomic E-state index is 13.4. The molecule has 1 amide bonds. The number of rotatable bonds is 6. The minimum Gasteiger partial charge on any atom is -0.429 e. The summed E-state index contributed by atoms with van der Waals surface area (Å²) < 4.78 is 59.5. The van der Waals surface area contributed by atoms with Gasteiger partial charge in [-0.15, -0.1) is 0 Å². The highest BCUT2D eigenvalue weighted by atomic mass is 35.5. The van der Waals surface area contributed by atoms with Crippen molar-refractivity contribution < 1.29 is 26.4 Å². The molecule has 1 saturated heterocycles. The topological polar surface area (TPSA) is 134 Å². The van der Waals surface area contributed by atoms with Gasteiger partial charge in [0.15, 0.2) is 16.1 Å². The van der Waals surface area contributed by atoms with Gasteiger partial charge in [0.2, 0.25) is 10.0 Å². The highest BCUT2D eigenvalue weighted by Crippen LogP contribution is 2.37. The molecule has 0 bridgehead atoms. The second kappa shape index (κ2) is 9.02. The van der Waals surface area contributed by atoms with Crippen LogP contribution in [0, 0.1) is 11.3 Å². The number of amides is 1. The van der Waals surface area contributed by atoms with Crippen LogP contribution in [0.15, 0.2) is 58.3 Å². The van der Waals surface area contributed by atoms with Crippen molar-refractivity contribution in [3.63, 3.8) is 0 Å². The van der Waals surface area contributed by atoms with Crippen LogP contribution in [0.25, 0.3) is 0 Å². The van der Waals surface area contributed by atoms with E-state index in [1.54, 1.807) is 6.07 Å². The first-order valence-electron chi connectivity index (χ1n) is 10.1. The van der Waals surface area contributed by atoms with Crippen LogP contribution >= 0.6 is 23.2 Å². The zero-order valence-electron chi connectivity index (χ0n) is 17.5. The van der Waals surface area contributed by atoms with Gasteiger partial charge in [0.25, 0.3) is 0 Å². The average molecular weight is 544 g/mol. The van der Waals surface area contributed by atoms with Gasteiger partial charge >= 0.3 is 6.09 Å². The van der Waals surface area contributed by atoms with E-state index in [0.29, 0.717) is 17.9 Å². The van der Waals surface area contributed by atoms with E-state index in [1.165, 1.54) is 42.5 Å². The van der Waals surface area contributed by atoms with Crippen LogP contribution in [0.4, 0.5) is 4.79 Å². The van der Waals surface area contributed by atoms with Gasteiger partial charge in [-0.1, -0.05) is 35.3 Å². The zero-order chi connectivity index (χ0) is 24.7. The number of carbonyl (C=O) groups is 1. The molecule has 1 N–H and O–H groups in total. The molecule has 13 heteroatoms. The number of carbonyl (C=O) groups excluding carboxylic acids is 1. The fraction of sp³-hybridized carbons (Fsp3) is 0.333. The van der Waals surface area contributed by atoms with Gasteiger partial charge in [-0.25, -0.2) is 21.6 Å². The maximum Gasteiger partial charge on any atom is 0.410 e. The predicted molar refractivity (Wildman–Crippen MR) is 123 cm³/mol. The number of hydrogen-bond acceptors (Lipinski definition) is 7. The quantitative estimate of drug-likeness (QED) is 0.590. The lowest BCUT2D eigenvalue weighted by molar-refractivity contribution is 0.0507.